The van der Waals surface area contributed by atoms with E-state index in [2.05, 4.69) is 5.10 Å². The number of sulfonamides is 1. The second-order valence-electron chi connectivity index (χ2n) is 6.62. The molecule has 0 radical (unpaired) electrons. The summed E-state index contributed by atoms with van der Waals surface area (Å²) in [5.41, 5.74) is 0.760. The molecule has 0 bridgehead atoms. The molecule has 1 N–H and O–H groups in total. The van der Waals surface area contributed by atoms with Crippen LogP contribution in [0.25, 0.3) is 0 Å². The molecule has 7 heteroatoms. The van der Waals surface area contributed by atoms with E-state index in [4.69, 9.17) is 0 Å². The zero-order chi connectivity index (χ0) is 16.8. The fourth-order valence-corrected chi connectivity index (χ4v) is 5.20. The van der Waals surface area contributed by atoms with E-state index in [-0.39, 0.29) is 4.90 Å². The highest BCUT2D eigenvalue weighted by Gasteiger charge is 2.56. The van der Waals surface area contributed by atoms with Crippen molar-refractivity contribution in [2.75, 3.05) is 20.6 Å². The molecule has 0 amide bonds. The Hall–Kier alpha value is -1.44. The molecular weight excluding hydrogens is 314 g/mol. The molecule has 1 aromatic carbocycles. The molecule has 0 aromatic heterocycles. The van der Waals surface area contributed by atoms with E-state index in [0.717, 1.165) is 11.3 Å². The summed E-state index contributed by atoms with van der Waals surface area (Å²) in [5.74, 6) is 0. The summed E-state index contributed by atoms with van der Waals surface area (Å²) in [5, 5.41) is 16.9. The van der Waals surface area contributed by atoms with Gasteiger partial charge in [0.25, 0.3) is 0 Å². The zero-order valence-corrected chi connectivity index (χ0v) is 14.5. The van der Waals surface area contributed by atoms with Gasteiger partial charge in [-0.15, -0.1) is 0 Å². The summed E-state index contributed by atoms with van der Waals surface area (Å²) in [6.07, 6.45) is 1.64. The summed E-state index contributed by atoms with van der Waals surface area (Å²) in [6, 6.07) is 6.27. The molecule has 3 rings (SSSR count). The second kappa shape index (κ2) is 5.58. The van der Waals surface area contributed by atoms with E-state index in [0.29, 0.717) is 25.8 Å². The van der Waals surface area contributed by atoms with Crippen LogP contribution in [0.4, 0.5) is 0 Å². The molecule has 1 aromatic rings. The minimum Gasteiger partial charge on any atom is -0.388 e. The number of aliphatic hydroxyl groups is 1. The molecule has 6 nitrogen and oxygen atoms in total. The monoisotopic (exact) mass is 337 g/mol. The number of fused-ring (bicyclic) bond motifs is 1. The van der Waals surface area contributed by atoms with Crippen molar-refractivity contribution < 1.29 is 13.5 Å². The van der Waals surface area contributed by atoms with Gasteiger partial charge < -0.3 is 10.1 Å². The standard InChI is InChI=1S/C16H23N3O3S/c1-12-4-6-13(7-5-12)23(21,22)19-11-10-16(20)9-8-14(15(16)19)17-18(2)3/h4-7,15,20H,8-11H2,1-3H3/b17-14+/t15-,16+/m1/s1. The van der Waals surface area contributed by atoms with E-state index in [9.17, 15) is 13.5 Å². The van der Waals surface area contributed by atoms with E-state index < -0.39 is 21.7 Å². The van der Waals surface area contributed by atoms with Crippen molar-refractivity contribution in [3.63, 3.8) is 0 Å². The first-order valence-electron chi connectivity index (χ1n) is 7.80. The lowest BCUT2D eigenvalue weighted by atomic mass is 9.98. The van der Waals surface area contributed by atoms with Crippen LogP contribution < -0.4 is 0 Å². The van der Waals surface area contributed by atoms with Crippen LogP contribution in [0.1, 0.15) is 24.8 Å². The van der Waals surface area contributed by atoms with Crippen molar-refractivity contribution in [2.45, 2.75) is 42.7 Å². The molecule has 1 aliphatic carbocycles. The Morgan fingerprint density at radius 1 is 1.26 bits per heavy atom. The van der Waals surface area contributed by atoms with Crippen LogP contribution in [0, 0.1) is 6.92 Å². The summed E-state index contributed by atoms with van der Waals surface area (Å²) < 4.78 is 27.4. The van der Waals surface area contributed by atoms with Crippen molar-refractivity contribution in [3.8, 4) is 0 Å². The third-order valence-corrected chi connectivity index (χ3v) is 6.53. The molecule has 2 fully saturated rings. The van der Waals surface area contributed by atoms with Gasteiger partial charge in [-0.2, -0.15) is 9.41 Å². The SMILES string of the molecule is Cc1ccc(S(=O)(=O)N2CC[C@@]3(O)CC/C(=N\N(C)C)[C@@H]23)cc1. The summed E-state index contributed by atoms with van der Waals surface area (Å²) in [7, 11) is -0.0351. The van der Waals surface area contributed by atoms with Crippen molar-refractivity contribution in [1.29, 1.82) is 0 Å². The van der Waals surface area contributed by atoms with Gasteiger partial charge in [0.2, 0.25) is 10.0 Å². The Kier molecular flexibility index (Phi) is 3.98. The highest BCUT2D eigenvalue weighted by Crippen LogP contribution is 2.42. The number of nitrogens with zero attached hydrogens (tertiary/aromatic N) is 3. The number of aryl methyl sites for hydroxylation is 1. The third-order valence-electron chi connectivity index (χ3n) is 4.65. The quantitative estimate of drug-likeness (QED) is 0.841. The minimum absolute atomic E-state index is 0.267. The van der Waals surface area contributed by atoms with E-state index in [1.807, 2.05) is 6.92 Å². The van der Waals surface area contributed by atoms with Gasteiger partial charge in [0.15, 0.2) is 0 Å². The van der Waals surface area contributed by atoms with Crippen molar-refractivity contribution in [1.82, 2.24) is 9.31 Å². The van der Waals surface area contributed by atoms with Gasteiger partial charge in [0.1, 0.15) is 0 Å². The van der Waals surface area contributed by atoms with E-state index in [1.165, 1.54) is 4.31 Å². The highest BCUT2D eigenvalue weighted by molar-refractivity contribution is 7.89. The highest BCUT2D eigenvalue weighted by atomic mass is 32.2. The molecule has 1 saturated heterocycles. The molecular formula is C16H23N3O3S. The maximum absolute atomic E-state index is 13.0. The summed E-state index contributed by atoms with van der Waals surface area (Å²) in [4.78, 5) is 0.267. The minimum atomic E-state index is -3.64. The maximum atomic E-state index is 13.0. The molecule has 2 atom stereocenters. The topological polar surface area (TPSA) is 73.2 Å². The maximum Gasteiger partial charge on any atom is 0.243 e. The van der Waals surface area contributed by atoms with Crippen LogP contribution in [0.3, 0.4) is 0 Å². The lowest BCUT2D eigenvalue weighted by Gasteiger charge is -2.28. The molecule has 126 valence electrons. The van der Waals surface area contributed by atoms with Crippen molar-refractivity contribution >= 4 is 15.7 Å². The molecule has 2 aliphatic rings. The van der Waals surface area contributed by atoms with Crippen LogP contribution in [-0.2, 0) is 10.0 Å². The van der Waals surface area contributed by atoms with Gasteiger partial charge in [0, 0.05) is 20.6 Å². The molecule has 0 unspecified atom stereocenters. The zero-order valence-electron chi connectivity index (χ0n) is 13.7. The Labute approximate surface area is 137 Å². The average molecular weight is 337 g/mol. The van der Waals surface area contributed by atoms with Crippen LogP contribution in [-0.4, -0.2) is 60.8 Å². The Morgan fingerprint density at radius 3 is 2.52 bits per heavy atom. The van der Waals surface area contributed by atoms with Crippen molar-refractivity contribution in [3.05, 3.63) is 29.8 Å². The summed E-state index contributed by atoms with van der Waals surface area (Å²) >= 11 is 0. The van der Waals surface area contributed by atoms with Crippen LogP contribution in [0.5, 0.6) is 0 Å². The summed E-state index contributed by atoms with van der Waals surface area (Å²) in [6.45, 7) is 2.24. The third kappa shape index (κ3) is 2.77. The fourth-order valence-electron chi connectivity index (χ4n) is 3.52. The lowest BCUT2D eigenvalue weighted by Crippen LogP contribution is -2.47. The Bertz CT molecular complexity index is 727. The smallest absolute Gasteiger partial charge is 0.243 e. The average Bonchev–Trinajstić information content (AvgIpc) is 2.96. The first kappa shape index (κ1) is 16.4. The normalized spacial score (nSPS) is 29.9. The van der Waals surface area contributed by atoms with Crippen LogP contribution in [0.15, 0.2) is 34.3 Å². The van der Waals surface area contributed by atoms with Crippen LogP contribution in [0.2, 0.25) is 0 Å². The van der Waals surface area contributed by atoms with Gasteiger partial charge in [-0.05, 0) is 38.3 Å². The van der Waals surface area contributed by atoms with Gasteiger partial charge in [-0.1, -0.05) is 17.7 Å². The predicted molar refractivity (Wildman–Crippen MR) is 88.8 cm³/mol. The number of hydrogen-bond acceptors (Lipinski definition) is 5. The number of hydrogen-bond donors (Lipinski definition) is 1. The predicted octanol–water partition coefficient (Wildman–Crippen LogP) is 1.20. The molecule has 23 heavy (non-hydrogen) atoms. The van der Waals surface area contributed by atoms with Gasteiger partial charge in [0.05, 0.1) is 22.3 Å². The molecule has 1 aliphatic heterocycles. The number of benzene rings is 1. The first-order chi connectivity index (χ1) is 10.7. The Morgan fingerprint density at radius 2 is 1.91 bits per heavy atom. The Balaban J connectivity index is 2.00. The van der Waals surface area contributed by atoms with Crippen molar-refractivity contribution in [2.24, 2.45) is 5.10 Å². The van der Waals surface area contributed by atoms with E-state index in [1.54, 1.807) is 43.4 Å². The first-order valence-corrected chi connectivity index (χ1v) is 9.24. The second-order valence-corrected chi connectivity index (χ2v) is 8.51. The van der Waals surface area contributed by atoms with Gasteiger partial charge in [-0.25, -0.2) is 8.42 Å². The molecule has 0 spiro atoms. The molecule has 1 heterocycles. The van der Waals surface area contributed by atoms with E-state index >= 15 is 0 Å². The lowest BCUT2D eigenvalue weighted by molar-refractivity contribution is 0.0450. The number of hydrazone groups is 1. The van der Waals surface area contributed by atoms with Crippen LogP contribution >= 0.6 is 0 Å². The number of rotatable bonds is 3. The largest absolute Gasteiger partial charge is 0.388 e. The fraction of sp³-hybridized carbons (Fsp3) is 0.562. The van der Waals surface area contributed by atoms with Gasteiger partial charge >= 0.3 is 0 Å². The van der Waals surface area contributed by atoms with Gasteiger partial charge in [-0.3, -0.25) is 0 Å². The molecule has 1 saturated carbocycles.